The zero-order valence-electron chi connectivity index (χ0n) is 6.79. The third-order valence-corrected chi connectivity index (χ3v) is 0.730. The van der Waals surface area contributed by atoms with Crippen molar-refractivity contribution in [3.05, 3.63) is 0 Å². The molecule has 0 saturated carbocycles. The van der Waals surface area contributed by atoms with Gasteiger partial charge in [0.15, 0.2) is 0 Å². The summed E-state index contributed by atoms with van der Waals surface area (Å²) < 4.78 is 0. The molecule has 0 radical (unpaired) electrons. The molecular formula is C7H13N3O. The number of nitrogens with one attached hydrogen (secondary N) is 1. The Bertz CT molecular complexity index is 169. The van der Waals surface area contributed by atoms with Crippen LogP contribution in [0, 0.1) is 12.3 Å². The van der Waals surface area contributed by atoms with Gasteiger partial charge in [0.2, 0.25) is 5.96 Å². The topological polar surface area (TPSA) is 59.6 Å². The molecule has 0 amide bonds. The quantitative estimate of drug-likeness (QED) is 0.196. The predicted molar refractivity (Wildman–Crippen MR) is 44.7 cm³/mol. The monoisotopic (exact) mass is 155 g/mol. The third kappa shape index (κ3) is 6.68. The van der Waals surface area contributed by atoms with E-state index in [1.54, 1.807) is 0 Å². The largest absolute Gasteiger partial charge is 0.368 e. The molecule has 0 aliphatic rings. The number of nitrogens with two attached hydrogens (primary N) is 1. The molecule has 0 aromatic heterocycles. The van der Waals surface area contributed by atoms with E-state index in [1.807, 2.05) is 13.8 Å². The van der Waals surface area contributed by atoms with E-state index in [-0.39, 0.29) is 18.6 Å². The van der Waals surface area contributed by atoms with Crippen LogP contribution in [-0.2, 0) is 4.84 Å². The second-order valence-electron chi connectivity index (χ2n) is 2.20. The summed E-state index contributed by atoms with van der Waals surface area (Å²) in [4.78, 5) is 8.64. The maximum Gasteiger partial charge on any atom is 0.213 e. The van der Waals surface area contributed by atoms with E-state index in [9.17, 15) is 0 Å². The van der Waals surface area contributed by atoms with E-state index in [0.29, 0.717) is 0 Å². The number of guanidine groups is 1. The van der Waals surface area contributed by atoms with Crippen LogP contribution in [0.15, 0.2) is 4.99 Å². The van der Waals surface area contributed by atoms with E-state index >= 15 is 0 Å². The van der Waals surface area contributed by atoms with Crippen molar-refractivity contribution in [2.75, 3.05) is 6.61 Å². The van der Waals surface area contributed by atoms with Gasteiger partial charge in [-0.25, -0.2) is 10.5 Å². The Morgan fingerprint density at radius 1 is 1.82 bits per heavy atom. The molecule has 0 atom stereocenters. The SMILES string of the molecule is C#CCONC(N)=NC(C)C. The lowest BCUT2D eigenvalue weighted by Gasteiger charge is -2.03. The van der Waals surface area contributed by atoms with Crippen molar-refractivity contribution >= 4 is 5.96 Å². The molecule has 0 aromatic rings. The van der Waals surface area contributed by atoms with Crippen molar-refractivity contribution in [3.8, 4) is 12.3 Å². The van der Waals surface area contributed by atoms with Gasteiger partial charge >= 0.3 is 0 Å². The number of nitrogens with zero attached hydrogens (tertiary/aromatic N) is 1. The highest BCUT2D eigenvalue weighted by Crippen LogP contribution is 1.82. The summed E-state index contributed by atoms with van der Waals surface area (Å²) in [7, 11) is 0. The summed E-state index contributed by atoms with van der Waals surface area (Å²) >= 11 is 0. The molecule has 3 N–H and O–H groups in total. The number of aliphatic imine (C=N–C) groups is 1. The summed E-state index contributed by atoms with van der Waals surface area (Å²) in [6.45, 7) is 4.00. The minimum absolute atomic E-state index is 0.150. The fraction of sp³-hybridized carbons (Fsp3) is 0.571. The first-order chi connectivity index (χ1) is 5.16. The summed E-state index contributed by atoms with van der Waals surface area (Å²) in [6, 6.07) is 0.150. The maximum absolute atomic E-state index is 5.36. The molecule has 0 fully saturated rings. The first-order valence-corrected chi connectivity index (χ1v) is 3.31. The van der Waals surface area contributed by atoms with Crippen LogP contribution >= 0.6 is 0 Å². The Morgan fingerprint density at radius 3 is 2.91 bits per heavy atom. The first-order valence-electron chi connectivity index (χ1n) is 3.31. The average molecular weight is 155 g/mol. The van der Waals surface area contributed by atoms with Crippen LogP contribution in [0.5, 0.6) is 0 Å². The molecule has 4 heteroatoms. The van der Waals surface area contributed by atoms with Crippen molar-refractivity contribution in [1.29, 1.82) is 0 Å². The second kappa shape index (κ2) is 5.57. The number of rotatable bonds is 3. The van der Waals surface area contributed by atoms with E-state index in [0.717, 1.165) is 0 Å². The van der Waals surface area contributed by atoms with E-state index < -0.39 is 0 Å². The maximum atomic E-state index is 5.36. The Balaban J connectivity index is 3.53. The summed E-state index contributed by atoms with van der Waals surface area (Å²) in [6.07, 6.45) is 4.92. The van der Waals surface area contributed by atoms with E-state index in [4.69, 9.17) is 17.0 Å². The Kier molecular flexibility index (Phi) is 4.95. The molecule has 4 nitrogen and oxygen atoms in total. The molecular weight excluding hydrogens is 142 g/mol. The van der Waals surface area contributed by atoms with Crippen molar-refractivity contribution in [3.63, 3.8) is 0 Å². The van der Waals surface area contributed by atoms with Gasteiger partial charge in [-0.15, -0.1) is 6.42 Å². The van der Waals surface area contributed by atoms with Gasteiger partial charge < -0.3 is 5.73 Å². The van der Waals surface area contributed by atoms with E-state index in [2.05, 4.69) is 16.4 Å². The van der Waals surface area contributed by atoms with Crippen LogP contribution in [0.2, 0.25) is 0 Å². The number of hydrogen-bond donors (Lipinski definition) is 2. The zero-order valence-corrected chi connectivity index (χ0v) is 6.79. The predicted octanol–water partition coefficient (Wildman–Crippen LogP) is -0.136. The standard InChI is InChI=1S/C7H13N3O/c1-4-5-11-10-7(8)9-6(2)3/h1,6H,5H2,2-3H3,(H3,8,9,10). The fourth-order valence-electron chi connectivity index (χ4n) is 0.456. The molecule has 0 saturated heterocycles. The van der Waals surface area contributed by atoms with Gasteiger partial charge in [-0.3, -0.25) is 4.84 Å². The lowest BCUT2D eigenvalue weighted by atomic mass is 10.4. The highest BCUT2D eigenvalue weighted by molar-refractivity contribution is 5.76. The summed E-state index contributed by atoms with van der Waals surface area (Å²) in [5.41, 5.74) is 7.76. The lowest BCUT2D eigenvalue weighted by Crippen LogP contribution is -2.32. The molecule has 0 spiro atoms. The minimum atomic E-state index is 0.150. The van der Waals surface area contributed by atoms with Gasteiger partial charge in [0.25, 0.3) is 0 Å². The molecule has 0 aliphatic carbocycles. The van der Waals surface area contributed by atoms with Crippen LogP contribution in [0.3, 0.4) is 0 Å². The smallest absolute Gasteiger partial charge is 0.213 e. The number of terminal acetylenes is 1. The molecule has 0 heterocycles. The van der Waals surface area contributed by atoms with Gasteiger partial charge in [0, 0.05) is 6.04 Å². The normalized spacial score (nSPS) is 11.3. The van der Waals surface area contributed by atoms with Gasteiger partial charge in [0.05, 0.1) is 0 Å². The van der Waals surface area contributed by atoms with Crippen molar-refractivity contribution < 1.29 is 4.84 Å². The Labute approximate surface area is 66.8 Å². The van der Waals surface area contributed by atoms with Crippen molar-refractivity contribution in [2.45, 2.75) is 19.9 Å². The summed E-state index contributed by atoms with van der Waals surface area (Å²) in [5, 5.41) is 0. The molecule has 0 aromatic carbocycles. The molecule has 11 heavy (non-hydrogen) atoms. The number of hydroxylamine groups is 1. The van der Waals surface area contributed by atoms with Gasteiger partial charge in [-0.2, -0.15) is 0 Å². The van der Waals surface area contributed by atoms with Crippen LogP contribution in [0.1, 0.15) is 13.8 Å². The number of hydrogen-bond acceptors (Lipinski definition) is 2. The second-order valence-corrected chi connectivity index (χ2v) is 2.20. The van der Waals surface area contributed by atoms with Gasteiger partial charge in [-0.05, 0) is 13.8 Å². The summed E-state index contributed by atoms with van der Waals surface area (Å²) in [5.74, 6) is 2.53. The molecule has 0 rings (SSSR count). The van der Waals surface area contributed by atoms with Crippen molar-refractivity contribution in [2.24, 2.45) is 10.7 Å². The van der Waals surface area contributed by atoms with Crippen LogP contribution in [0.4, 0.5) is 0 Å². The first kappa shape index (κ1) is 9.79. The van der Waals surface area contributed by atoms with Gasteiger partial charge in [0.1, 0.15) is 6.61 Å². The third-order valence-electron chi connectivity index (χ3n) is 0.730. The Hall–Kier alpha value is -1.21. The van der Waals surface area contributed by atoms with Crippen LogP contribution in [-0.4, -0.2) is 18.6 Å². The molecule has 62 valence electrons. The highest BCUT2D eigenvalue weighted by atomic mass is 16.6. The van der Waals surface area contributed by atoms with E-state index in [1.165, 1.54) is 0 Å². The van der Waals surface area contributed by atoms with Crippen molar-refractivity contribution in [1.82, 2.24) is 5.48 Å². The fourth-order valence-corrected chi connectivity index (χ4v) is 0.456. The average Bonchev–Trinajstić information content (AvgIpc) is 1.86. The minimum Gasteiger partial charge on any atom is -0.368 e. The lowest BCUT2D eigenvalue weighted by molar-refractivity contribution is 0.113. The highest BCUT2D eigenvalue weighted by Gasteiger charge is 1.91. The molecule has 0 bridgehead atoms. The molecule has 0 aliphatic heterocycles. The van der Waals surface area contributed by atoms with Crippen LogP contribution in [0.25, 0.3) is 0 Å². The zero-order chi connectivity index (χ0) is 8.69. The van der Waals surface area contributed by atoms with Gasteiger partial charge in [-0.1, -0.05) is 5.92 Å². The Morgan fingerprint density at radius 2 is 2.45 bits per heavy atom. The van der Waals surface area contributed by atoms with Crippen LogP contribution < -0.4 is 11.2 Å². The molecule has 0 unspecified atom stereocenters.